The van der Waals surface area contributed by atoms with Crippen LogP contribution < -0.4 is 14.2 Å². The smallest absolute Gasteiger partial charge is 0.339 e. The zero-order valence-electron chi connectivity index (χ0n) is 22.7. The second-order valence-corrected chi connectivity index (χ2v) is 11.2. The third-order valence-electron chi connectivity index (χ3n) is 7.12. The van der Waals surface area contributed by atoms with Gasteiger partial charge in [-0.2, -0.15) is 8.42 Å². The maximum atomic E-state index is 13.0. The molecule has 4 aromatic rings. The fourth-order valence-corrected chi connectivity index (χ4v) is 5.85. The Bertz CT molecular complexity index is 1640. The Morgan fingerprint density at radius 1 is 0.927 bits per heavy atom. The van der Waals surface area contributed by atoms with E-state index in [1.54, 1.807) is 68.2 Å². The van der Waals surface area contributed by atoms with Crippen molar-refractivity contribution in [2.24, 2.45) is 0 Å². The van der Waals surface area contributed by atoms with Gasteiger partial charge in [-0.05, 0) is 79.6 Å². The van der Waals surface area contributed by atoms with Gasteiger partial charge in [0.25, 0.3) is 11.8 Å². The number of amides is 2. The van der Waals surface area contributed by atoms with Crippen molar-refractivity contribution in [1.29, 1.82) is 0 Å². The summed E-state index contributed by atoms with van der Waals surface area (Å²) in [5, 5.41) is 2.47. The predicted octanol–water partition coefficient (Wildman–Crippen LogP) is 4.16. The summed E-state index contributed by atoms with van der Waals surface area (Å²) < 4.78 is 38.3. The van der Waals surface area contributed by atoms with Crippen molar-refractivity contribution < 1.29 is 26.9 Å². The second kappa shape index (κ2) is 11.8. The molecule has 3 aromatic carbocycles. The summed E-state index contributed by atoms with van der Waals surface area (Å²) in [5.74, 6) is 0.470. The number of ether oxygens (including phenoxy) is 1. The molecule has 1 saturated heterocycles. The predicted molar refractivity (Wildman–Crippen MR) is 152 cm³/mol. The Labute approximate surface area is 238 Å². The van der Waals surface area contributed by atoms with Gasteiger partial charge >= 0.3 is 10.1 Å². The van der Waals surface area contributed by atoms with Crippen LogP contribution in [0.15, 0.2) is 90.2 Å². The number of aromatic nitrogens is 2. The molecule has 2 amide bonds. The summed E-state index contributed by atoms with van der Waals surface area (Å²) in [6.07, 6.45) is 5.11. The molecule has 0 saturated carbocycles. The van der Waals surface area contributed by atoms with E-state index >= 15 is 0 Å². The number of imidazole rings is 1. The van der Waals surface area contributed by atoms with E-state index in [2.05, 4.69) is 14.9 Å². The molecule has 0 radical (unpaired) electrons. The van der Waals surface area contributed by atoms with Gasteiger partial charge in [0.2, 0.25) is 0 Å². The molecule has 1 aliphatic rings. The summed E-state index contributed by atoms with van der Waals surface area (Å²) in [5.41, 5.74) is 2.59. The summed E-state index contributed by atoms with van der Waals surface area (Å²) in [7, 11) is -1.07. The first-order valence-corrected chi connectivity index (χ1v) is 14.5. The molecular weight excluding hydrogens is 544 g/mol. The molecule has 41 heavy (non-hydrogen) atoms. The first-order chi connectivity index (χ1) is 19.8. The van der Waals surface area contributed by atoms with Gasteiger partial charge in [0.05, 0.1) is 25.3 Å². The molecule has 10 nitrogen and oxygen atoms in total. The third kappa shape index (κ3) is 6.09. The maximum Gasteiger partial charge on any atom is 0.339 e. The van der Waals surface area contributed by atoms with Gasteiger partial charge in [0.1, 0.15) is 16.4 Å². The molecule has 0 bridgehead atoms. The van der Waals surface area contributed by atoms with Gasteiger partial charge in [-0.15, -0.1) is 0 Å². The summed E-state index contributed by atoms with van der Waals surface area (Å²) in [4.78, 5) is 31.0. The number of benzene rings is 3. The minimum Gasteiger partial charge on any atom is -0.497 e. The normalized spacial score (nSPS) is 14.0. The molecule has 5 rings (SSSR count). The van der Waals surface area contributed by atoms with E-state index < -0.39 is 16.0 Å². The van der Waals surface area contributed by atoms with E-state index in [4.69, 9.17) is 8.92 Å². The number of carbonyl (C=O) groups excluding carboxylic acids is 2. The molecule has 212 valence electrons. The standard InChI is InChI=1S/C30H30N4O6S/c1-31-29(35)23-4-3-5-27(18-23)41(37,38)40-26-12-6-21(7-13-26)28-19-32-20-34(28)24-14-16-33(17-15-24)30(36)22-8-10-25(39-2)11-9-22/h3-13,18-20,24H,14-17H2,1-2H3,(H,31,35). The molecule has 0 unspecified atom stereocenters. The molecule has 0 spiro atoms. The number of piperidine rings is 1. The highest BCUT2D eigenvalue weighted by Crippen LogP contribution is 2.31. The Kier molecular flexibility index (Phi) is 8.06. The van der Waals surface area contributed by atoms with Crippen LogP contribution in [0.4, 0.5) is 0 Å². The number of methoxy groups -OCH3 is 1. The highest BCUT2D eigenvalue weighted by molar-refractivity contribution is 7.87. The lowest BCUT2D eigenvalue weighted by Gasteiger charge is -2.33. The zero-order chi connectivity index (χ0) is 29.0. The van der Waals surface area contributed by atoms with Gasteiger partial charge in [-0.25, -0.2) is 4.98 Å². The van der Waals surface area contributed by atoms with Crippen LogP contribution in [0, 0.1) is 0 Å². The topological polar surface area (TPSA) is 120 Å². The Morgan fingerprint density at radius 3 is 2.27 bits per heavy atom. The monoisotopic (exact) mass is 574 g/mol. The number of nitrogens with zero attached hydrogens (tertiary/aromatic N) is 3. The molecule has 1 N–H and O–H groups in total. The van der Waals surface area contributed by atoms with Crippen LogP contribution >= 0.6 is 0 Å². The average molecular weight is 575 g/mol. The minimum absolute atomic E-state index is 0.00264. The number of nitrogens with one attached hydrogen (secondary N) is 1. The molecule has 1 aromatic heterocycles. The summed E-state index contributed by atoms with van der Waals surface area (Å²) in [6, 6.07) is 19.7. The lowest BCUT2D eigenvalue weighted by atomic mass is 10.0. The lowest BCUT2D eigenvalue weighted by molar-refractivity contribution is 0.0695. The van der Waals surface area contributed by atoms with Crippen molar-refractivity contribution >= 4 is 21.9 Å². The second-order valence-electron chi connectivity index (χ2n) is 9.61. The SMILES string of the molecule is CNC(=O)c1cccc(S(=O)(=O)Oc2ccc(-c3cncn3C3CCN(C(=O)c4ccc(OC)cc4)CC3)cc2)c1. The van der Waals surface area contributed by atoms with Gasteiger partial charge in [0.15, 0.2) is 0 Å². The molecule has 11 heteroatoms. The van der Waals surface area contributed by atoms with Gasteiger partial charge < -0.3 is 23.7 Å². The first kappa shape index (κ1) is 27.9. The highest BCUT2D eigenvalue weighted by Gasteiger charge is 2.26. The molecule has 2 heterocycles. The largest absolute Gasteiger partial charge is 0.497 e. The van der Waals surface area contributed by atoms with Crippen LogP contribution in [-0.4, -0.2) is 61.9 Å². The maximum absolute atomic E-state index is 13.0. The minimum atomic E-state index is -4.14. The fourth-order valence-electron chi connectivity index (χ4n) is 4.88. The number of hydrogen-bond donors (Lipinski definition) is 1. The van der Waals surface area contributed by atoms with Crippen LogP contribution in [0.1, 0.15) is 39.6 Å². The number of carbonyl (C=O) groups is 2. The molecular formula is C30H30N4O6S. The van der Waals surface area contributed by atoms with E-state index in [9.17, 15) is 18.0 Å². The van der Waals surface area contributed by atoms with Crippen LogP contribution in [0.25, 0.3) is 11.3 Å². The van der Waals surface area contributed by atoms with Crippen LogP contribution in [0.5, 0.6) is 11.5 Å². The quantitative estimate of drug-likeness (QED) is 0.314. The Hall–Kier alpha value is -4.64. The van der Waals surface area contributed by atoms with Crippen molar-refractivity contribution in [2.75, 3.05) is 27.2 Å². The van der Waals surface area contributed by atoms with Gasteiger partial charge in [-0.1, -0.05) is 6.07 Å². The average Bonchev–Trinajstić information content (AvgIpc) is 3.51. The van der Waals surface area contributed by atoms with Crippen LogP contribution in [0.2, 0.25) is 0 Å². The van der Waals surface area contributed by atoms with Crippen molar-refractivity contribution in [3.8, 4) is 22.8 Å². The highest BCUT2D eigenvalue weighted by atomic mass is 32.2. The molecule has 0 atom stereocenters. The van der Waals surface area contributed by atoms with Crippen LogP contribution in [0.3, 0.4) is 0 Å². The molecule has 0 aliphatic carbocycles. The van der Waals surface area contributed by atoms with E-state index in [1.165, 1.54) is 31.3 Å². The number of likely N-dealkylation sites (tertiary alicyclic amines) is 1. The fraction of sp³-hybridized carbons (Fsp3) is 0.233. The number of hydrogen-bond acceptors (Lipinski definition) is 7. The van der Waals surface area contributed by atoms with E-state index in [-0.39, 0.29) is 28.2 Å². The molecule has 1 aliphatic heterocycles. The number of rotatable bonds is 8. The van der Waals surface area contributed by atoms with Crippen molar-refractivity contribution in [3.63, 3.8) is 0 Å². The first-order valence-electron chi connectivity index (χ1n) is 13.1. The van der Waals surface area contributed by atoms with E-state index in [0.717, 1.165) is 24.1 Å². The Morgan fingerprint density at radius 2 is 1.61 bits per heavy atom. The van der Waals surface area contributed by atoms with Gasteiger partial charge in [0, 0.05) is 42.9 Å². The summed E-state index contributed by atoms with van der Waals surface area (Å²) in [6.45, 7) is 1.25. The lowest BCUT2D eigenvalue weighted by Crippen LogP contribution is -2.39. The third-order valence-corrected chi connectivity index (χ3v) is 8.36. The van der Waals surface area contributed by atoms with E-state index in [0.29, 0.717) is 24.4 Å². The van der Waals surface area contributed by atoms with Crippen molar-refractivity contribution in [1.82, 2.24) is 19.8 Å². The van der Waals surface area contributed by atoms with Gasteiger partial charge in [-0.3, -0.25) is 9.59 Å². The molecule has 1 fully saturated rings. The Balaban J connectivity index is 1.24. The van der Waals surface area contributed by atoms with Crippen molar-refractivity contribution in [2.45, 2.75) is 23.8 Å². The van der Waals surface area contributed by atoms with E-state index in [1.807, 2.05) is 4.90 Å². The van der Waals surface area contributed by atoms with Crippen LogP contribution in [-0.2, 0) is 10.1 Å². The van der Waals surface area contributed by atoms with Crippen molar-refractivity contribution in [3.05, 3.63) is 96.4 Å². The summed E-state index contributed by atoms with van der Waals surface area (Å²) >= 11 is 0. The zero-order valence-corrected chi connectivity index (χ0v) is 23.5.